The number of hydrogen-bond acceptors (Lipinski definition) is 2. The molecule has 1 aromatic rings. The zero-order valence-corrected chi connectivity index (χ0v) is 11.0. The Morgan fingerprint density at radius 3 is 2.82 bits per heavy atom. The van der Waals surface area contributed by atoms with E-state index in [0.717, 1.165) is 12.5 Å². The van der Waals surface area contributed by atoms with Gasteiger partial charge in [-0.05, 0) is 44.4 Å². The topological polar surface area (TPSA) is 15.3 Å². The number of hydrogen-bond donors (Lipinski definition) is 1. The molecule has 0 bridgehead atoms. The lowest BCUT2D eigenvalue weighted by Crippen LogP contribution is -2.43. The Morgan fingerprint density at radius 1 is 1.35 bits per heavy atom. The number of para-hydroxylation sites is 1. The molecule has 2 heteroatoms. The largest absolute Gasteiger partial charge is 0.383 e. The molecular weight excluding hydrogens is 208 g/mol. The van der Waals surface area contributed by atoms with Crippen molar-refractivity contribution >= 4 is 5.69 Å². The first-order chi connectivity index (χ1) is 8.25. The summed E-state index contributed by atoms with van der Waals surface area (Å²) in [5.41, 5.74) is 1.23. The summed E-state index contributed by atoms with van der Waals surface area (Å²) in [4.78, 5) is 2.62. The Kier molecular flexibility index (Phi) is 4.43. The van der Waals surface area contributed by atoms with Gasteiger partial charge in [0.2, 0.25) is 0 Å². The molecule has 2 nitrogen and oxygen atoms in total. The first-order valence-electron chi connectivity index (χ1n) is 6.78. The van der Waals surface area contributed by atoms with E-state index in [1.807, 2.05) is 0 Å². The number of nitrogens with one attached hydrogen (secondary N) is 1. The van der Waals surface area contributed by atoms with Crippen molar-refractivity contribution in [3.63, 3.8) is 0 Å². The zero-order chi connectivity index (χ0) is 12.1. The SMILES string of the molecule is CC1CCCN(C(C)CNc2ccccc2)C1. The third kappa shape index (κ3) is 3.74. The maximum atomic E-state index is 3.51. The van der Waals surface area contributed by atoms with E-state index < -0.39 is 0 Å². The van der Waals surface area contributed by atoms with E-state index in [4.69, 9.17) is 0 Å². The van der Waals surface area contributed by atoms with Crippen LogP contribution in [0.4, 0.5) is 5.69 Å². The van der Waals surface area contributed by atoms with Gasteiger partial charge >= 0.3 is 0 Å². The van der Waals surface area contributed by atoms with E-state index in [1.54, 1.807) is 0 Å². The highest BCUT2D eigenvalue weighted by Crippen LogP contribution is 2.18. The summed E-state index contributed by atoms with van der Waals surface area (Å²) in [6.07, 6.45) is 2.76. The maximum Gasteiger partial charge on any atom is 0.0340 e. The summed E-state index contributed by atoms with van der Waals surface area (Å²) in [6, 6.07) is 11.1. The van der Waals surface area contributed by atoms with Gasteiger partial charge in [-0.3, -0.25) is 4.90 Å². The molecule has 1 heterocycles. The quantitative estimate of drug-likeness (QED) is 0.857. The molecule has 2 unspecified atom stereocenters. The zero-order valence-electron chi connectivity index (χ0n) is 11.0. The van der Waals surface area contributed by atoms with E-state index in [-0.39, 0.29) is 0 Å². The standard InChI is InChI=1S/C15H24N2/c1-13-7-6-10-17(12-13)14(2)11-16-15-8-4-3-5-9-15/h3-5,8-9,13-14,16H,6-7,10-12H2,1-2H3. The molecule has 1 aromatic carbocycles. The normalized spacial score (nSPS) is 23.3. The van der Waals surface area contributed by atoms with Gasteiger partial charge in [-0.2, -0.15) is 0 Å². The molecule has 94 valence electrons. The van der Waals surface area contributed by atoms with Gasteiger partial charge in [0.05, 0.1) is 0 Å². The van der Waals surface area contributed by atoms with Gasteiger partial charge in [0.15, 0.2) is 0 Å². The molecule has 0 aromatic heterocycles. The van der Waals surface area contributed by atoms with E-state index in [2.05, 4.69) is 54.4 Å². The monoisotopic (exact) mass is 232 g/mol. The number of benzene rings is 1. The van der Waals surface area contributed by atoms with Crippen LogP contribution < -0.4 is 5.32 Å². The van der Waals surface area contributed by atoms with Gasteiger partial charge in [-0.25, -0.2) is 0 Å². The lowest BCUT2D eigenvalue weighted by molar-refractivity contribution is 0.144. The van der Waals surface area contributed by atoms with Crippen molar-refractivity contribution in [2.24, 2.45) is 5.92 Å². The minimum absolute atomic E-state index is 0.623. The van der Waals surface area contributed by atoms with Crippen LogP contribution in [0.15, 0.2) is 30.3 Å². The summed E-state index contributed by atoms with van der Waals surface area (Å²) in [6.45, 7) is 8.26. The average molecular weight is 232 g/mol. The van der Waals surface area contributed by atoms with Gasteiger partial charge in [-0.1, -0.05) is 25.1 Å². The van der Waals surface area contributed by atoms with Gasteiger partial charge in [0.1, 0.15) is 0 Å². The Morgan fingerprint density at radius 2 is 2.12 bits per heavy atom. The Labute approximate surface area is 105 Å². The third-order valence-electron chi connectivity index (χ3n) is 3.69. The van der Waals surface area contributed by atoms with Gasteiger partial charge in [0, 0.05) is 24.8 Å². The Balaban J connectivity index is 1.79. The average Bonchev–Trinajstić information content (AvgIpc) is 2.37. The number of piperidine rings is 1. The summed E-state index contributed by atoms with van der Waals surface area (Å²) < 4.78 is 0. The van der Waals surface area contributed by atoms with Crippen LogP contribution in [-0.4, -0.2) is 30.6 Å². The summed E-state index contributed by atoms with van der Waals surface area (Å²) in [7, 11) is 0. The number of rotatable bonds is 4. The Hall–Kier alpha value is -1.02. The first-order valence-corrected chi connectivity index (χ1v) is 6.78. The van der Waals surface area contributed by atoms with Crippen molar-refractivity contribution < 1.29 is 0 Å². The lowest BCUT2D eigenvalue weighted by atomic mass is 9.99. The van der Waals surface area contributed by atoms with Crippen molar-refractivity contribution in [2.75, 3.05) is 25.0 Å². The van der Waals surface area contributed by atoms with E-state index in [0.29, 0.717) is 6.04 Å². The summed E-state index contributed by atoms with van der Waals surface area (Å²) in [5, 5.41) is 3.51. The second-order valence-corrected chi connectivity index (χ2v) is 5.34. The van der Waals surface area contributed by atoms with Crippen LogP contribution in [0.1, 0.15) is 26.7 Å². The van der Waals surface area contributed by atoms with Crippen molar-refractivity contribution in [2.45, 2.75) is 32.7 Å². The molecule has 0 saturated carbocycles. The van der Waals surface area contributed by atoms with E-state index >= 15 is 0 Å². The van der Waals surface area contributed by atoms with Crippen molar-refractivity contribution in [3.8, 4) is 0 Å². The highest BCUT2D eigenvalue weighted by molar-refractivity contribution is 5.42. The fourth-order valence-corrected chi connectivity index (χ4v) is 2.58. The smallest absolute Gasteiger partial charge is 0.0340 e. The molecule has 0 radical (unpaired) electrons. The van der Waals surface area contributed by atoms with Crippen LogP contribution >= 0.6 is 0 Å². The maximum absolute atomic E-state index is 3.51. The fraction of sp³-hybridized carbons (Fsp3) is 0.600. The van der Waals surface area contributed by atoms with Gasteiger partial charge in [0.25, 0.3) is 0 Å². The molecule has 1 saturated heterocycles. The highest BCUT2D eigenvalue weighted by atomic mass is 15.2. The minimum atomic E-state index is 0.623. The highest BCUT2D eigenvalue weighted by Gasteiger charge is 2.20. The molecule has 2 rings (SSSR count). The number of nitrogens with zero attached hydrogens (tertiary/aromatic N) is 1. The van der Waals surface area contributed by atoms with Crippen LogP contribution in [-0.2, 0) is 0 Å². The van der Waals surface area contributed by atoms with Crippen molar-refractivity contribution in [1.82, 2.24) is 4.90 Å². The van der Waals surface area contributed by atoms with Crippen LogP contribution in [0.5, 0.6) is 0 Å². The molecule has 1 aliphatic rings. The summed E-state index contributed by atoms with van der Waals surface area (Å²) >= 11 is 0. The molecule has 0 spiro atoms. The molecule has 2 atom stereocenters. The molecular formula is C15H24N2. The van der Waals surface area contributed by atoms with E-state index in [9.17, 15) is 0 Å². The lowest BCUT2D eigenvalue weighted by Gasteiger charge is -2.35. The van der Waals surface area contributed by atoms with Crippen LogP contribution in [0.2, 0.25) is 0 Å². The molecule has 17 heavy (non-hydrogen) atoms. The van der Waals surface area contributed by atoms with Crippen LogP contribution in [0, 0.1) is 5.92 Å². The molecule has 1 fully saturated rings. The van der Waals surface area contributed by atoms with Gasteiger partial charge in [-0.15, -0.1) is 0 Å². The first kappa shape index (κ1) is 12.4. The minimum Gasteiger partial charge on any atom is -0.383 e. The van der Waals surface area contributed by atoms with Crippen LogP contribution in [0.25, 0.3) is 0 Å². The number of anilines is 1. The summed E-state index contributed by atoms with van der Waals surface area (Å²) in [5.74, 6) is 0.864. The number of likely N-dealkylation sites (tertiary alicyclic amines) is 1. The molecule has 1 N–H and O–H groups in total. The predicted molar refractivity (Wildman–Crippen MR) is 74.4 cm³/mol. The van der Waals surface area contributed by atoms with E-state index in [1.165, 1.54) is 31.6 Å². The van der Waals surface area contributed by atoms with Crippen LogP contribution in [0.3, 0.4) is 0 Å². The predicted octanol–water partition coefficient (Wildman–Crippen LogP) is 3.22. The Bertz CT molecular complexity index is 323. The van der Waals surface area contributed by atoms with Crippen molar-refractivity contribution in [3.05, 3.63) is 30.3 Å². The third-order valence-corrected chi connectivity index (χ3v) is 3.69. The molecule has 0 amide bonds. The second kappa shape index (κ2) is 6.06. The second-order valence-electron chi connectivity index (χ2n) is 5.34. The molecule has 1 aliphatic heterocycles. The molecule has 0 aliphatic carbocycles. The fourth-order valence-electron chi connectivity index (χ4n) is 2.58. The van der Waals surface area contributed by atoms with Crippen molar-refractivity contribution in [1.29, 1.82) is 0 Å². The van der Waals surface area contributed by atoms with Gasteiger partial charge < -0.3 is 5.32 Å².